The highest BCUT2D eigenvalue weighted by Gasteiger charge is 2.19. The Morgan fingerprint density at radius 1 is 0.296 bits per heavy atom. The van der Waals surface area contributed by atoms with Crippen LogP contribution in [0.5, 0.6) is 0 Å². The second-order valence-electron chi connectivity index (χ2n) is 13.7. The molecule has 54 heavy (non-hydrogen) atoms. The average molecular weight is 690 g/mol. The molecule has 0 aliphatic carbocycles. The van der Waals surface area contributed by atoms with Gasteiger partial charge in [-0.3, -0.25) is 0 Å². The maximum atomic E-state index is 6.19. The molecular formula is C52H35NO. The van der Waals surface area contributed by atoms with Gasteiger partial charge in [0.1, 0.15) is 11.2 Å². The van der Waals surface area contributed by atoms with Gasteiger partial charge in [-0.15, -0.1) is 0 Å². The summed E-state index contributed by atoms with van der Waals surface area (Å²) >= 11 is 0. The van der Waals surface area contributed by atoms with E-state index in [9.17, 15) is 0 Å². The monoisotopic (exact) mass is 689 g/mol. The summed E-state index contributed by atoms with van der Waals surface area (Å²) in [4.78, 5) is 2.37. The van der Waals surface area contributed by atoms with Crippen LogP contribution in [-0.2, 0) is 0 Å². The molecule has 2 nitrogen and oxygen atoms in total. The molecule has 254 valence electrons. The molecule has 1 aromatic heterocycles. The van der Waals surface area contributed by atoms with E-state index in [-0.39, 0.29) is 0 Å². The van der Waals surface area contributed by atoms with E-state index in [2.05, 4.69) is 205 Å². The zero-order valence-corrected chi connectivity index (χ0v) is 29.6. The first-order valence-corrected chi connectivity index (χ1v) is 18.4. The third-order valence-corrected chi connectivity index (χ3v) is 10.5. The molecule has 0 aliphatic heterocycles. The minimum Gasteiger partial charge on any atom is -0.456 e. The molecule has 0 unspecified atom stereocenters. The van der Waals surface area contributed by atoms with Gasteiger partial charge in [-0.2, -0.15) is 0 Å². The summed E-state index contributed by atoms with van der Waals surface area (Å²) in [5.74, 6) is 0. The molecule has 0 saturated heterocycles. The highest BCUT2D eigenvalue weighted by atomic mass is 16.3. The van der Waals surface area contributed by atoms with Crippen molar-refractivity contribution in [3.8, 4) is 44.5 Å². The number of hydrogen-bond acceptors (Lipinski definition) is 2. The number of hydrogen-bond donors (Lipinski definition) is 0. The third kappa shape index (κ3) is 5.71. The quantitative estimate of drug-likeness (QED) is 0.166. The van der Waals surface area contributed by atoms with Crippen molar-refractivity contribution in [3.05, 3.63) is 212 Å². The number of furan rings is 1. The summed E-state index contributed by atoms with van der Waals surface area (Å²) < 4.78 is 6.19. The summed E-state index contributed by atoms with van der Waals surface area (Å²) in [5, 5.41) is 4.77. The molecule has 9 aromatic carbocycles. The Hall–Kier alpha value is -7.16. The zero-order valence-electron chi connectivity index (χ0n) is 29.6. The predicted molar refractivity (Wildman–Crippen MR) is 228 cm³/mol. The highest BCUT2D eigenvalue weighted by molar-refractivity contribution is 6.07. The fourth-order valence-corrected chi connectivity index (χ4v) is 7.79. The lowest BCUT2D eigenvalue weighted by Gasteiger charge is -2.28. The van der Waals surface area contributed by atoms with Crippen molar-refractivity contribution in [2.45, 2.75) is 0 Å². The van der Waals surface area contributed by atoms with E-state index in [1.807, 2.05) is 12.1 Å². The zero-order chi connectivity index (χ0) is 35.8. The van der Waals surface area contributed by atoms with Crippen molar-refractivity contribution >= 4 is 49.8 Å². The fraction of sp³-hybridized carbons (Fsp3) is 0. The molecule has 10 aromatic rings. The van der Waals surface area contributed by atoms with Crippen LogP contribution in [0.3, 0.4) is 0 Å². The van der Waals surface area contributed by atoms with E-state index >= 15 is 0 Å². The molecular weight excluding hydrogens is 655 g/mol. The van der Waals surface area contributed by atoms with Crippen LogP contribution >= 0.6 is 0 Å². The summed E-state index contributed by atoms with van der Waals surface area (Å²) in [6.45, 7) is 0. The van der Waals surface area contributed by atoms with Gasteiger partial charge in [0.2, 0.25) is 0 Å². The van der Waals surface area contributed by atoms with Crippen LogP contribution in [0, 0.1) is 0 Å². The van der Waals surface area contributed by atoms with Crippen LogP contribution in [0.25, 0.3) is 77.2 Å². The van der Waals surface area contributed by atoms with E-state index in [1.165, 1.54) is 44.2 Å². The molecule has 2 heteroatoms. The average Bonchev–Trinajstić information content (AvgIpc) is 3.63. The van der Waals surface area contributed by atoms with Crippen LogP contribution in [0.4, 0.5) is 17.1 Å². The molecule has 0 atom stereocenters. The van der Waals surface area contributed by atoms with Crippen molar-refractivity contribution in [2.75, 3.05) is 4.90 Å². The molecule has 0 spiro atoms. The second kappa shape index (κ2) is 13.4. The van der Waals surface area contributed by atoms with Gasteiger partial charge >= 0.3 is 0 Å². The van der Waals surface area contributed by atoms with Crippen LogP contribution in [0.2, 0.25) is 0 Å². The second-order valence-corrected chi connectivity index (χ2v) is 13.7. The van der Waals surface area contributed by atoms with Gasteiger partial charge < -0.3 is 9.32 Å². The summed E-state index contributed by atoms with van der Waals surface area (Å²) in [7, 11) is 0. The van der Waals surface area contributed by atoms with Crippen LogP contribution < -0.4 is 4.90 Å². The van der Waals surface area contributed by atoms with Gasteiger partial charge in [-0.25, -0.2) is 0 Å². The maximum Gasteiger partial charge on any atom is 0.135 e. The number of rotatable bonds is 7. The number of nitrogens with zero attached hydrogens (tertiary/aromatic N) is 1. The number of benzene rings is 9. The predicted octanol–water partition coefficient (Wildman–Crippen LogP) is 14.9. The van der Waals surface area contributed by atoms with E-state index in [4.69, 9.17) is 4.42 Å². The van der Waals surface area contributed by atoms with E-state index < -0.39 is 0 Å². The Bertz CT molecular complexity index is 2900. The molecule has 0 N–H and O–H groups in total. The molecule has 0 fully saturated rings. The number of para-hydroxylation sites is 2. The van der Waals surface area contributed by atoms with Gasteiger partial charge in [0.25, 0.3) is 0 Å². The van der Waals surface area contributed by atoms with Crippen molar-refractivity contribution in [2.24, 2.45) is 0 Å². The molecule has 0 aliphatic rings. The Morgan fingerprint density at radius 3 is 1.54 bits per heavy atom. The van der Waals surface area contributed by atoms with Crippen LogP contribution in [-0.4, -0.2) is 0 Å². The largest absolute Gasteiger partial charge is 0.456 e. The molecule has 0 amide bonds. The lowest BCUT2D eigenvalue weighted by atomic mass is 9.96. The Morgan fingerprint density at radius 2 is 0.796 bits per heavy atom. The van der Waals surface area contributed by atoms with E-state index in [1.54, 1.807) is 0 Å². The highest BCUT2D eigenvalue weighted by Crippen LogP contribution is 2.43. The minimum absolute atomic E-state index is 0.895. The van der Waals surface area contributed by atoms with Crippen LogP contribution in [0.15, 0.2) is 217 Å². The maximum absolute atomic E-state index is 6.19. The van der Waals surface area contributed by atoms with E-state index in [0.29, 0.717) is 0 Å². The van der Waals surface area contributed by atoms with Crippen molar-refractivity contribution < 1.29 is 4.42 Å². The van der Waals surface area contributed by atoms with Gasteiger partial charge in [0.05, 0.1) is 5.69 Å². The first-order valence-electron chi connectivity index (χ1n) is 18.4. The first-order chi connectivity index (χ1) is 26.8. The van der Waals surface area contributed by atoms with Gasteiger partial charge in [0, 0.05) is 27.7 Å². The van der Waals surface area contributed by atoms with Gasteiger partial charge in [0.15, 0.2) is 0 Å². The Kier molecular flexibility index (Phi) is 7.85. The first kappa shape index (κ1) is 31.6. The standard InChI is InChI=1S/C52H35NO/c1-2-11-36(12-3-1)38-25-30-43(31-26-38)53(50-19-8-6-16-47(50)42-29-34-52-49(35-42)48-17-7-9-20-51(48)54-52)44-32-27-39(28-33-44)37-21-23-41(24-22-37)46-18-10-14-40-13-4-5-15-45(40)46/h1-35H. The number of fused-ring (bicyclic) bond motifs is 4. The van der Waals surface area contributed by atoms with Gasteiger partial charge in [-0.05, 0) is 98.2 Å². The van der Waals surface area contributed by atoms with Gasteiger partial charge in [-0.1, -0.05) is 164 Å². The topological polar surface area (TPSA) is 16.4 Å². The normalized spacial score (nSPS) is 11.3. The molecule has 0 radical (unpaired) electrons. The molecule has 1 heterocycles. The SMILES string of the molecule is c1ccc(-c2ccc(N(c3ccc(-c4ccc(-c5cccc6ccccc56)cc4)cc3)c3ccccc3-c3ccc4oc5ccccc5c4c3)cc2)cc1. The van der Waals surface area contributed by atoms with Crippen molar-refractivity contribution in [3.63, 3.8) is 0 Å². The third-order valence-electron chi connectivity index (χ3n) is 10.5. The lowest BCUT2D eigenvalue weighted by molar-refractivity contribution is 0.669. The smallest absolute Gasteiger partial charge is 0.135 e. The lowest BCUT2D eigenvalue weighted by Crippen LogP contribution is -2.11. The molecule has 0 saturated carbocycles. The molecule has 10 rings (SSSR count). The molecule has 0 bridgehead atoms. The van der Waals surface area contributed by atoms with E-state index in [0.717, 1.165) is 50.1 Å². The minimum atomic E-state index is 0.895. The fourth-order valence-electron chi connectivity index (χ4n) is 7.79. The van der Waals surface area contributed by atoms with Crippen molar-refractivity contribution in [1.29, 1.82) is 0 Å². The van der Waals surface area contributed by atoms with Crippen molar-refractivity contribution in [1.82, 2.24) is 0 Å². The number of anilines is 3. The Labute approximate surface area is 314 Å². The summed E-state index contributed by atoms with van der Waals surface area (Å²) in [6.07, 6.45) is 0. The van der Waals surface area contributed by atoms with Crippen LogP contribution in [0.1, 0.15) is 0 Å². The Balaban J connectivity index is 1.05. The summed E-state index contributed by atoms with van der Waals surface area (Å²) in [5.41, 5.74) is 14.6. The summed E-state index contributed by atoms with van der Waals surface area (Å²) in [6, 6.07) is 75.9.